The van der Waals surface area contributed by atoms with Crippen LogP contribution in [0.4, 0.5) is 5.82 Å². The van der Waals surface area contributed by atoms with Gasteiger partial charge < -0.3 is 10.2 Å². The largest absolute Gasteiger partial charge is 0.362 e. The molecule has 0 unspecified atom stereocenters. The van der Waals surface area contributed by atoms with Crippen LogP contribution in [0, 0.1) is 6.92 Å². The van der Waals surface area contributed by atoms with E-state index in [0.29, 0.717) is 11.5 Å². The maximum Gasteiger partial charge on any atom is 0.185 e. The van der Waals surface area contributed by atoms with Gasteiger partial charge in [0, 0.05) is 43.7 Å². The molecule has 1 aliphatic carbocycles. The van der Waals surface area contributed by atoms with E-state index < -0.39 is 0 Å². The fourth-order valence-corrected chi connectivity index (χ4v) is 5.42. The first-order valence-electron chi connectivity index (χ1n) is 14.2. The SMILES string of the molecule is C=CN(C)/N=C\C(=C\N=CC)C(=O)CNc1cc(C2CCN(C3CCCCC3)CC2)nn1-c1ccc(C)cc1. The van der Waals surface area contributed by atoms with Gasteiger partial charge in [-0.05, 0) is 64.8 Å². The first kappa shape index (κ1) is 28.5. The molecule has 2 heterocycles. The Morgan fingerprint density at radius 1 is 1.15 bits per heavy atom. The topological polar surface area (TPSA) is 78.1 Å². The first-order valence-corrected chi connectivity index (χ1v) is 14.2. The van der Waals surface area contributed by atoms with E-state index in [1.807, 2.05) is 11.6 Å². The Labute approximate surface area is 233 Å². The monoisotopic (exact) mass is 529 g/mol. The van der Waals surface area contributed by atoms with Crippen LogP contribution >= 0.6 is 0 Å². The average molecular weight is 530 g/mol. The molecule has 1 saturated heterocycles. The molecule has 0 radical (unpaired) electrons. The summed E-state index contributed by atoms with van der Waals surface area (Å²) in [5.41, 5.74) is 3.67. The number of benzene rings is 1. The van der Waals surface area contributed by atoms with Crippen LogP contribution in [-0.2, 0) is 4.79 Å². The Hall–Kier alpha value is -3.52. The van der Waals surface area contributed by atoms with Gasteiger partial charge in [-0.15, -0.1) is 0 Å². The molecule has 1 aromatic heterocycles. The molecular formula is C31H43N7O. The van der Waals surface area contributed by atoms with Gasteiger partial charge in [0.25, 0.3) is 0 Å². The van der Waals surface area contributed by atoms with E-state index in [4.69, 9.17) is 5.10 Å². The molecule has 2 aliphatic rings. The Morgan fingerprint density at radius 2 is 1.87 bits per heavy atom. The molecule has 208 valence electrons. The van der Waals surface area contributed by atoms with Crippen molar-refractivity contribution in [2.75, 3.05) is 32.0 Å². The number of nitrogens with one attached hydrogen (secondary N) is 1. The Morgan fingerprint density at radius 3 is 2.54 bits per heavy atom. The predicted molar refractivity (Wildman–Crippen MR) is 161 cm³/mol. The molecule has 8 nitrogen and oxygen atoms in total. The number of anilines is 1. The van der Waals surface area contributed by atoms with Gasteiger partial charge in [-0.1, -0.05) is 43.5 Å². The molecule has 2 aromatic rings. The molecule has 0 bridgehead atoms. The molecule has 1 saturated carbocycles. The van der Waals surface area contributed by atoms with Gasteiger partial charge in [0.15, 0.2) is 5.78 Å². The molecule has 2 fully saturated rings. The van der Waals surface area contributed by atoms with Crippen LogP contribution in [0.15, 0.2) is 65.0 Å². The molecule has 8 heteroatoms. The number of hydrazone groups is 1. The fourth-order valence-electron chi connectivity index (χ4n) is 5.42. The average Bonchev–Trinajstić information content (AvgIpc) is 3.41. The van der Waals surface area contributed by atoms with Crippen molar-refractivity contribution >= 4 is 24.0 Å². The number of carbonyl (C=O) groups excluding carboxylic acids is 1. The van der Waals surface area contributed by atoms with E-state index in [2.05, 4.69) is 64.1 Å². The third-order valence-corrected chi connectivity index (χ3v) is 7.80. The summed E-state index contributed by atoms with van der Waals surface area (Å²) >= 11 is 0. The summed E-state index contributed by atoms with van der Waals surface area (Å²) in [6.45, 7) is 9.95. The number of likely N-dealkylation sites (tertiary alicyclic amines) is 1. The molecule has 1 aromatic carbocycles. The summed E-state index contributed by atoms with van der Waals surface area (Å²) in [6.07, 6.45) is 15.3. The highest BCUT2D eigenvalue weighted by molar-refractivity contribution is 6.14. The summed E-state index contributed by atoms with van der Waals surface area (Å²) in [5.74, 6) is 1.12. The maximum absolute atomic E-state index is 13.1. The number of piperidine rings is 1. The predicted octanol–water partition coefficient (Wildman–Crippen LogP) is 5.71. The number of aliphatic imine (C=N–C) groups is 1. The third kappa shape index (κ3) is 7.76. The number of ketones is 1. The summed E-state index contributed by atoms with van der Waals surface area (Å²) < 4.78 is 1.93. The standard InChI is InChI=1S/C31H43N7O/c1-5-32-21-26(22-34-36(4)6-2)30(39)23-33-31-20-29(35-38(31)28-14-12-24(3)13-15-28)25-16-18-37(19-17-25)27-10-8-7-9-11-27/h5-6,12-15,20-22,25,27,33H,2,7-11,16-19,23H2,1,3-4H3/b26-21-,32-5?,34-22-. The quantitative estimate of drug-likeness (QED) is 0.229. The lowest BCUT2D eigenvalue weighted by molar-refractivity contribution is -0.113. The van der Waals surface area contributed by atoms with Gasteiger partial charge in [-0.2, -0.15) is 10.2 Å². The van der Waals surface area contributed by atoms with Crippen LogP contribution in [0.5, 0.6) is 0 Å². The fraction of sp³-hybridized carbons (Fsp3) is 0.484. The van der Waals surface area contributed by atoms with Crippen molar-refractivity contribution < 1.29 is 4.79 Å². The van der Waals surface area contributed by atoms with Gasteiger partial charge in [0.05, 0.1) is 29.7 Å². The smallest absolute Gasteiger partial charge is 0.185 e. The highest BCUT2D eigenvalue weighted by Crippen LogP contribution is 2.33. The zero-order valence-electron chi connectivity index (χ0n) is 23.7. The van der Waals surface area contributed by atoms with Crippen molar-refractivity contribution in [1.29, 1.82) is 0 Å². The number of hydrogen-bond donors (Lipinski definition) is 1. The van der Waals surface area contributed by atoms with Crippen LogP contribution in [0.3, 0.4) is 0 Å². The van der Waals surface area contributed by atoms with Crippen LogP contribution in [0.2, 0.25) is 0 Å². The summed E-state index contributed by atoms with van der Waals surface area (Å²) in [6, 6.07) is 11.2. The molecule has 0 spiro atoms. The van der Waals surface area contributed by atoms with Crippen LogP contribution in [-0.4, -0.2) is 70.6 Å². The normalized spacial score (nSPS) is 18.2. The molecule has 39 heavy (non-hydrogen) atoms. The zero-order valence-corrected chi connectivity index (χ0v) is 23.7. The number of aryl methyl sites for hydroxylation is 1. The highest BCUT2D eigenvalue weighted by atomic mass is 16.1. The van der Waals surface area contributed by atoms with E-state index in [1.165, 1.54) is 50.1 Å². The van der Waals surface area contributed by atoms with Gasteiger partial charge in [-0.25, -0.2) is 4.68 Å². The van der Waals surface area contributed by atoms with E-state index in [9.17, 15) is 4.79 Å². The van der Waals surface area contributed by atoms with Gasteiger partial charge in [0.2, 0.25) is 0 Å². The summed E-state index contributed by atoms with van der Waals surface area (Å²) in [5, 5.41) is 14.2. The van der Waals surface area contributed by atoms with Gasteiger partial charge >= 0.3 is 0 Å². The Balaban J connectivity index is 1.50. The number of nitrogens with zero attached hydrogens (tertiary/aromatic N) is 6. The van der Waals surface area contributed by atoms with Crippen molar-refractivity contribution in [3.8, 4) is 5.69 Å². The molecular weight excluding hydrogens is 486 g/mol. The molecule has 0 atom stereocenters. The minimum atomic E-state index is -0.110. The van der Waals surface area contributed by atoms with Crippen LogP contribution in [0.1, 0.15) is 69.0 Å². The van der Waals surface area contributed by atoms with Crippen molar-refractivity contribution in [1.82, 2.24) is 19.7 Å². The molecule has 4 rings (SSSR count). The Kier molecular flexibility index (Phi) is 10.3. The Bertz CT molecular complexity index is 1180. The lowest BCUT2D eigenvalue weighted by Gasteiger charge is -2.39. The molecule has 0 amide bonds. The van der Waals surface area contributed by atoms with E-state index in [0.717, 1.165) is 49.2 Å². The van der Waals surface area contributed by atoms with Crippen molar-refractivity contribution in [2.24, 2.45) is 10.1 Å². The zero-order chi connectivity index (χ0) is 27.6. The minimum Gasteiger partial charge on any atom is -0.362 e. The number of carbonyl (C=O) groups is 1. The van der Waals surface area contributed by atoms with Crippen molar-refractivity contribution in [2.45, 2.75) is 70.8 Å². The second-order valence-corrected chi connectivity index (χ2v) is 10.6. The highest BCUT2D eigenvalue weighted by Gasteiger charge is 2.28. The third-order valence-electron chi connectivity index (χ3n) is 7.80. The van der Waals surface area contributed by atoms with Crippen LogP contribution < -0.4 is 5.32 Å². The molecule has 1 aliphatic heterocycles. The van der Waals surface area contributed by atoms with Crippen molar-refractivity contribution in [3.05, 3.63) is 66.1 Å². The minimum absolute atomic E-state index is 0.103. The maximum atomic E-state index is 13.1. The van der Waals surface area contributed by atoms with Crippen molar-refractivity contribution in [3.63, 3.8) is 0 Å². The summed E-state index contributed by atoms with van der Waals surface area (Å²) in [7, 11) is 1.76. The first-order chi connectivity index (χ1) is 19.0. The second-order valence-electron chi connectivity index (χ2n) is 10.6. The number of hydrogen-bond acceptors (Lipinski definition) is 7. The second kappa shape index (κ2) is 14.0. The van der Waals surface area contributed by atoms with E-state index in [-0.39, 0.29) is 12.3 Å². The van der Waals surface area contributed by atoms with Gasteiger partial charge in [-0.3, -0.25) is 14.8 Å². The lowest BCUT2D eigenvalue weighted by Crippen LogP contribution is -2.41. The molecule has 1 N–H and O–H groups in total. The van der Waals surface area contributed by atoms with Gasteiger partial charge in [0.1, 0.15) is 5.82 Å². The van der Waals surface area contributed by atoms with Crippen LogP contribution in [0.25, 0.3) is 5.69 Å². The van der Waals surface area contributed by atoms with E-state index in [1.54, 1.807) is 24.5 Å². The number of Topliss-reactive ketones (excluding diaryl/α,β-unsaturated/α-hetero) is 1. The van der Waals surface area contributed by atoms with E-state index >= 15 is 0 Å². The number of rotatable bonds is 11. The summed E-state index contributed by atoms with van der Waals surface area (Å²) in [4.78, 5) is 20.0. The number of aromatic nitrogens is 2. The lowest BCUT2D eigenvalue weighted by atomic mass is 9.89.